The van der Waals surface area contributed by atoms with Gasteiger partial charge in [-0.05, 0) is 32.8 Å². The van der Waals surface area contributed by atoms with Gasteiger partial charge < -0.3 is 9.72 Å². The number of carbonyl (C=O) groups is 3. The number of imide groups is 1. The summed E-state index contributed by atoms with van der Waals surface area (Å²) < 4.78 is 5.18. The molecule has 2 amide bonds. The van der Waals surface area contributed by atoms with Gasteiger partial charge >= 0.3 is 6.09 Å². The van der Waals surface area contributed by atoms with Crippen LogP contribution in [0.25, 0.3) is 0 Å². The molecule has 1 aromatic heterocycles. The van der Waals surface area contributed by atoms with Crippen LogP contribution in [0.4, 0.5) is 4.79 Å². The summed E-state index contributed by atoms with van der Waals surface area (Å²) in [5.41, 5.74) is 0.773. The third-order valence-corrected chi connectivity index (χ3v) is 2.81. The average molecular weight is 264 g/mol. The number of carbonyl (C=O) groups excluding carboxylic acids is 3. The molecule has 19 heavy (non-hydrogen) atoms. The SMILES string of the molecule is CC(C)(C)OC(=O)N1CCc2c(c[nH]c2C=O)C1=O. The Morgan fingerprint density at radius 1 is 1.47 bits per heavy atom. The number of aromatic amines is 1. The maximum Gasteiger partial charge on any atom is 0.417 e. The summed E-state index contributed by atoms with van der Waals surface area (Å²) in [7, 11) is 0. The van der Waals surface area contributed by atoms with Gasteiger partial charge in [-0.2, -0.15) is 0 Å². The molecule has 2 heterocycles. The van der Waals surface area contributed by atoms with E-state index in [0.29, 0.717) is 29.5 Å². The molecule has 6 heteroatoms. The van der Waals surface area contributed by atoms with Crippen molar-refractivity contribution < 1.29 is 19.1 Å². The summed E-state index contributed by atoms with van der Waals surface area (Å²) in [5.74, 6) is -0.431. The van der Waals surface area contributed by atoms with Crippen LogP contribution in [0, 0.1) is 0 Å². The Morgan fingerprint density at radius 2 is 2.16 bits per heavy atom. The molecule has 0 radical (unpaired) electrons. The van der Waals surface area contributed by atoms with Crippen molar-refractivity contribution in [2.45, 2.75) is 32.8 Å². The minimum Gasteiger partial charge on any atom is -0.443 e. The molecule has 0 aliphatic carbocycles. The van der Waals surface area contributed by atoms with E-state index < -0.39 is 17.6 Å². The summed E-state index contributed by atoms with van der Waals surface area (Å²) in [6, 6.07) is 0. The highest BCUT2D eigenvalue weighted by Crippen LogP contribution is 2.23. The van der Waals surface area contributed by atoms with Gasteiger partial charge in [-0.1, -0.05) is 0 Å². The zero-order valence-corrected chi connectivity index (χ0v) is 11.1. The van der Waals surface area contributed by atoms with Crippen LogP contribution in [0.15, 0.2) is 6.20 Å². The van der Waals surface area contributed by atoms with Crippen LogP contribution in [-0.4, -0.2) is 40.3 Å². The van der Waals surface area contributed by atoms with Gasteiger partial charge in [0.05, 0.1) is 11.3 Å². The maximum absolute atomic E-state index is 12.2. The predicted octanol–water partition coefficient (Wildman–Crippen LogP) is 1.76. The average Bonchev–Trinajstić information content (AvgIpc) is 2.70. The molecule has 0 unspecified atom stereocenters. The fourth-order valence-electron chi connectivity index (χ4n) is 2.00. The van der Waals surface area contributed by atoms with E-state index in [2.05, 4.69) is 4.98 Å². The minimum absolute atomic E-state index is 0.222. The molecule has 1 aliphatic heterocycles. The highest BCUT2D eigenvalue weighted by Gasteiger charge is 2.34. The van der Waals surface area contributed by atoms with E-state index in [1.807, 2.05) is 0 Å². The molecule has 1 N–H and O–H groups in total. The lowest BCUT2D eigenvalue weighted by Gasteiger charge is -2.28. The Kier molecular flexibility index (Phi) is 3.18. The molecule has 0 saturated carbocycles. The summed E-state index contributed by atoms with van der Waals surface area (Å²) in [6.07, 6.45) is 1.93. The number of ether oxygens (including phenoxy) is 1. The van der Waals surface area contributed by atoms with E-state index in [1.165, 1.54) is 6.20 Å². The van der Waals surface area contributed by atoms with Crippen LogP contribution < -0.4 is 0 Å². The van der Waals surface area contributed by atoms with Crippen LogP contribution in [0.5, 0.6) is 0 Å². The van der Waals surface area contributed by atoms with Crippen molar-refractivity contribution in [3.05, 3.63) is 23.0 Å². The molecule has 0 atom stereocenters. The number of nitrogens with zero attached hydrogens (tertiary/aromatic N) is 1. The first-order valence-corrected chi connectivity index (χ1v) is 6.04. The molecule has 0 fully saturated rings. The Morgan fingerprint density at radius 3 is 2.74 bits per heavy atom. The van der Waals surface area contributed by atoms with Gasteiger partial charge in [-0.25, -0.2) is 9.69 Å². The van der Waals surface area contributed by atoms with Gasteiger partial charge in [0.2, 0.25) is 0 Å². The molecule has 0 saturated heterocycles. The van der Waals surface area contributed by atoms with Crippen LogP contribution in [0.2, 0.25) is 0 Å². The first-order chi connectivity index (χ1) is 8.83. The van der Waals surface area contributed by atoms with Crippen molar-refractivity contribution in [1.29, 1.82) is 0 Å². The van der Waals surface area contributed by atoms with Crippen molar-refractivity contribution in [1.82, 2.24) is 9.88 Å². The number of hydrogen-bond donors (Lipinski definition) is 1. The van der Waals surface area contributed by atoms with Crippen molar-refractivity contribution >= 4 is 18.3 Å². The lowest BCUT2D eigenvalue weighted by atomic mass is 10.0. The van der Waals surface area contributed by atoms with Crippen LogP contribution >= 0.6 is 0 Å². The topological polar surface area (TPSA) is 79.5 Å². The Balaban J connectivity index is 2.22. The summed E-state index contributed by atoms with van der Waals surface area (Å²) >= 11 is 0. The van der Waals surface area contributed by atoms with Gasteiger partial charge in [0, 0.05) is 12.7 Å². The number of nitrogens with one attached hydrogen (secondary N) is 1. The number of fused-ring (bicyclic) bond motifs is 1. The number of rotatable bonds is 1. The lowest BCUT2D eigenvalue weighted by molar-refractivity contribution is 0.0234. The van der Waals surface area contributed by atoms with Crippen molar-refractivity contribution in [2.75, 3.05) is 6.54 Å². The van der Waals surface area contributed by atoms with E-state index >= 15 is 0 Å². The summed E-state index contributed by atoms with van der Waals surface area (Å²) in [4.78, 5) is 38.7. The van der Waals surface area contributed by atoms with E-state index in [4.69, 9.17) is 4.74 Å². The van der Waals surface area contributed by atoms with Crippen LogP contribution in [0.1, 0.15) is 47.2 Å². The summed E-state index contributed by atoms with van der Waals surface area (Å²) in [5, 5.41) is 0. The number of amides is 2. The van der Waals surface area contributed by atoms with Crippen molar-refractivity contribution in [3.63, 3.8) is 0 Å². The largest absolute Gasteiger partial charge is 0.443 e. The Bertz CT molecular complexity index is 539. The van der Waals surface area contributed by atoms with Gasteiger partial charge in [0.25, 0.3) is 5.91 Å². The molecule has 0 bridgehead atoms. The quantitative estimate of drug-likeness (QED) is 0.784. The third-order valence-electron chi connectivity index (χ3n) is 2.81. The zero-order chi connectivity index (χ0) is 14.2. The first kappa shape index (κ1) is 13.3. The molecule has 0 spiro atoms. The van der Waals surface area contributed by atoms with Gasteiger partial charge in [0.15, 0.2) is 6.29 Å². The van der Waals surface area contributed by atoms with E-state index in [9.17, 15) is 14.4 Å². The number of H-pyrrole nitrogens is 1. The van der Waals surface area contributed by atoms with Crippen LogP contribution in [-0.2, 0) is 11.2 Å². The zero-order valence-electron chi connectivity index (χ0n) is 11.1. The molecule has 1 aromatic rings. The fraction of sp³-hybridized carbons (Fsp3) is 0.462. The van der Waals surface area contributed by atoms with Gasteiger partial charge in [-0.15, -0.1) is 0 Å². The third kappa shape index (κ3) is 2.52. The molecule has 1 aliphatic rings. The molecule has 0 aromatic carbocycles. The second kappa shape index (κ2) is 4.53. The highest BCUT2D eigenvalue weighted by molar-refractivity contribution is 6.06. The Hall–Kier alpha value is -2.11. The lowest BCUT2D eigenvalue weighted by Crippen LogP contribution is -2.44. The van der Waals surface area contributed by atoms with Gasteiger partial charge in [0.1, 0.15) is 5.60 Å². The predicted molar refractivity (Wildman–Crippen MR) is 67.2 cm³/mol. The molecule has 6 nitrogen and oxygen atoms in total. The second-order valence-electron chi connectivity index (χ2n) is 5.40. The number of aldehydes is 1. The monoisotopic (exact) mass is 264 g/mol. The van der Waals surface area contributed by atoms with Gasteiger partial charge in [-0.3, -0.25) is 9.59 Å². The van der Waals surface area contributed by atoms with E-state index in [1.54, 1.807) is 20.8 Å². The Labute approximate surface area is 110 Å². The fourth-order valence-corrected chi connectivity index (χ4v) is 2.00. The van der Waals surface area contributed by atoms with E-state index in [-0.39, 0.29) is 6.54 Å². The molecular weight excluding hydrogens is 248 g/mol. The maximum atomic E-state index is 12.2. The molecular formula is C13H16N2O4. The molecule has 102 valence electrons. The number of aromatic nitrogens is 1. The first-order valence-electron chi connectivity index (χ1n) is 6.04. The second-order valence-corrected chi connectivity index (χ2v) is 5.40. The highest BCUT2D eigenvalue weighted by atomic mass is 16.6. The van der Waals surface area contributed by atoms with E-state index in [0.717, 1.165) is 4.90 Å². The normalized spacial score (nSPS) is 15.1. The summed E-state index contributed by atoms with van der Waals surface area (Å²) in [6.45, 7) is 5.45. The van der Waals surface area contributed by atoms with Crippen LogP contribution in [0.3, 0.4) is 0 Å². The smallest absolute Gasteiger partial charge is 0.417 e. The van der Waals surface area contributed by atoms with Crippen molar-refractivity contribution in [3.8, 4) is 0 Å². The minimum atomic E-state index is -0.656. The van der Waals surface area contributed by atoms with Crippen molar-refractivity contribution in [2.24, 2.45) is 0 Å². The standard InChI is InChI=1S/C13H16N2O4/c1-13(2,3)19-12(18)15-5-4-8-9(11(15)17)6-14-10(8)7-16/h6-7,14H,4-5H2,1-3H3. The molecule has 2 rings (SSSR count). The number of hydrogen-bond acceptors (Lipinski definition) is 4.